The number of phosphoric ester groups is 3. The van der Waals surface area contributed by atoms with Gasteiger partial charge in [-0.1, -0.05) is 25.6 Å². The number of nitrogen functional groups attached to an aromatic ring is 1. The van der Waals surface area contributed by atoms with Crippen molar-refractivity contribution < 1.29 is 126 Å². The number of hydrogen-bond donors (Lipinski definition) is 11. The van der Waals surface area contributed by atoms with Gasteiger partial charge in [0.2, 0.25) is 11.8 Å². The minimum Gasteiger partial charge on any atom is -1.00 e. The Morgan fingerprint density at radius 3 is 2.31 bits per heavy atom. The van der Waals surface area contributed by atoms with Gasteiger partial charge in [-0.05, 0) is 6.92 Å². The maximum Gasteiger partial charge on any atom is 1.00 e. The second-order valence-electron chi connectivity index (χ2n) is 13.5. The van der Waals surface area contributed by atoms with Gasteiger partial charge in [0.25, 0.3) is 0 Å². The van der Waals surface area contributed by atoms with Crippen LogP contribution >= 0.6 is 35.2 Å². The van der Waals surface area contributed by atoms with Crippen LogP contribution in [-0.4, -0.2) is 144 Å². The molecule has 0 saturated carbocycles. The van der Waals surface area contributed by atoms with E-state index in [0.29, 0.717) is 0 Å². The third-order valence-electron chi connectivity index (χ3n) is 7.82. The third kappa shape index (κ3) is 17.0. The molecule has 1 fully saturated rings. The number of thioether (sulfide) groups is 1. The maximum absolute atomic E-state index is 12.7. The Hall–Kier alpha value is -2.01. The van der Waals surface area contributed by atoms with E-state index in [1.807, 2.05) is 0 Å². The molecule has 32 heteroatoms. The number of amides is 2. The summed E-state index contributed by atoms with van der Waals surface area (Å²) in [5, 5.41) is 44.4. The summed E-state index contributed by atoms with van der Waals surface area (Å²) < 4.78 is 62.0. The Morgan fingerprint density at radius 1 is 1.03 bits per heavy atom. The summed E-state index contributed by atoms with van der Waals surface area (Å²) >= 11 is 0.771. The predicted octanol–water partition coefficient (Wildman–Crippen LogP) is -4.60. The largest absolute Gasteiger partial charge is 1.00 e. The number of aliphatic hydroxyl groups is 3. The smallest absolute Gasteiger partial charge is 1.00 e. The summed E-state index contributed by atoms with van der Waals surface area (Å²) in [7, 11) is -16.5. The summed E-state index contributed by atoms with van der Waals surface area (Å²) in [6, 6.07) is 0. The normalized spacial score (nSPS) is 22.0. The first kappa shape index (κ1) is 53.1. The first-order chi connectivity index (χ1) is 26.6. The van der Waals surface area contributed by atoms with Gasteiger partial charge < -0.3 is 62.5 Å². The van der Waals surface area contributed by atoms with Crippen LogP contribution in [0.2, 0.25) is 0 Å². The number of phosphoric acid groups is 3. The van der Waals surface area contributed by atoms with Crippen molar-refractivity contribution in [3.8, 4) is 0 Å². The van der Waals surface area contributed by atoms with Gasteiger partial charge in [-0.15, -0.1) is 0 Å². The summed E-state index contributed by atoms with van der Waals surface area (Å²) in [5.74, 6) is -2.81. The Morgan fingerprint density at radius 2 is 1.68 bits per heavy atom. The van der Waals surface area contributed by atoms with Gasteiger partial charge in [-0.3, -0.25) is 37.3 Å². The quantitative estimate of drug-likeness (QED) is 0.0284. The molecule has 27 nitrogen and oxygen atoms in total. The monoisotopic (exact) mass is 935 g/mol. The van der Waals surface area contributed by atoms with Crippen molar-refractivity contribution in [2.24, 2.45) is 5.41 Å². The molecule has 0 spiro atoms. The minimum absolute atomic E-state index is 0. The molecule has 3 rings (SSSR count). The summed E-state index contributed by atoms with van der Waals surface area (Å²) in [4.78, 5) is 98.2. The number of fused-ring (bicyclic) bond motifs is 1. The van der Waals surface area contributed by atoms with Crippen LogP contribution in [0.15, 0.2) is 12.7 Å². The summed E-state index contributed by atoms with van der Waals surface area (Å²) in [6.45, 7) is 1.29. The molecule has 2 amide bonds. The molecule has 8 atom stereocenters. The number of nitrogens with one attached hydrogen (secondary N) is 2. The molecule has 330 valence electrons. The fourth-order valence-electron chi connectivity index (χ4n) is 5.05. The number of carboxylic acids is 1. The van der Waals surface area contributed by atoms with Crippen LogP contribution in [-0.2, 0) is 55.5 Å². The molecular weight excluding hydrogens is 890 g/mol. The zero-order chi connectivity index (χ0) is 43.9. The van der Waals surface area contributed by atoms with Crippen molar-refractivity contribution in [3.05, 3.63) is 12.7 Å². The second kappa shape index (κ2) is 21.9. The number of nitrogens with two attached hydrogens (primary N) is 1. The molecule has 0 aromatic carbocycles. The standard InChI is InChI=1S/C27H44N7O20P3S.Na.H/c1-26(2,21(40)24(41)30-5-4-15(35)29-6-7-58-17(38)9-27(3,42)8-16(36)37)11-51-57(48,49)54-56(46,47)50-10-14-20(53-55(43,44)45)19(39)25(52-14)34-13-33-18-22(28)31-12-32-23(18)34;;/h12-14,19-21,25,39-40,42H,4-11H2,1-3H3,(H,29,35)(H,30,41)(H,36,37)(H,46,47)(H,48,49)(H2,28,31,32)(H2,43,44,45);;/q;+1;-1/t14-,19-,20-,21+,25-,27?;;/m1../s1. The number of carboxylic acid groups (broad SMARTS) is 1. The number of aromatic nitrogens is 4. The topological polar surface area (TPSA) is 421 Å². The van der Waals surface area contributed by atoms with Crippen molar-refractivity contribution in [1.82, 2.24) is 30.2 Å². The Bertz CT molecular complexity index is 1960. The van der Waals surface area contributed by atoms with Gasteiger partial charge in [0.1, 0.15) is 36.3 Å². The molecule has 3 heterocycles. The van der Waals surface area contributed by atoms with E-state index in [-0.39, 0.29) is 73.2 Å². The van der Waals surface area contributed by atoms with Gasteiger partial charge in [0.15, 0.2) is 22.8 Å². The number of imidazole rings is 1. The van der Waals surface area contributed by atoms with Gasteiger partial charge in [-0.2, -0.15) is 4.31 Å². The van der Waals surface area contributed by atoms with Crippen LogP contribution < -0.4 is 45.9 Å². The molecule has 2 aromatic heterocycles. The number of aliphatic hydroxyl groups excluding tert-OH is 2. The Balaban J connectivity index is 0.00000900. The van der Waals surface area contributed by atoms with Crippen LogP contribution in [0.25, 0.3) is 11.2 Å². The Kier molecular flexibility index (Phi) is 19.7. The van der Waals surface area contributed by atoms with E-state index < -0.39 is 114 Å². The van der Waals surface area contributed by atoms with E-state index in [1.165, 1.54) is 20.8 Å². The number of carbonyl (C=O) groups excluding carboxylic acids is 3. The van der Waals surface area contributed by atoms with E-state index in [9.17, 15) is 67.8 Å². The van der Waals surface area contributed by atoms with Crippen molar-refractivity contribution in [3.63, 3.8) is 0 Å². The number of hydrogen-bond acceptors (Lipinski definition) is 20. The molecule has 3 unspecified atom stereocenters. The number of nitrogens with zero attached hydrogens (tertiary/aromatic N) is 4. The molecule has 0 bridgehead atoms. The molecule has 1 saturated heterocycles. The first-order valence-corrected chi connectivity index (χ1v) is 22.1. The molecule has 59 heavy (non-hydrogen) atoms. The van der Waals surface area contributed by atoms with E-state index in [1.54, 1.807) is 0 Å². The second-order valence-corrected chi connectivity index (χ2v) is 18.9. The van der Waals surface area contributed by atoms with Crippen LogP contribution in [0.5, 0.6) is 0 Å². The van der Waals surface area contributed by atoms with E-state index in [4.69, 9.17) is 24.6 Å². The minimum atomic E-state index is -5.60. The van der Waals surface area contributed by atoms with Crippen LogP contribution in [0.3, 0.4) is 0 Å². The van der Waals surface area contributed by atoms with E-state index in [2.05, 4.69) is 34.4 Å². The zero-order valence-corrected chi connectivity index (χ0v) is 37.3. The van der Waals surface area contributed by atoms with Gasteiger partial charge in [0.05, 0.1) is 31.6 Å². The van der Waals surface area contributed by atoms with Crippen LogP contribution in [0.1, 0.15) is 47.7 Å². The molecule has 1 aliphatic rings. The fourth-order valence-corrected chi connectivity index (χ4v) is 8.72. The fraction of sp³-hybridized carbons (Fsp3) is 0.667. The zero-order valence-electron chi connectivity index (χ0n) is 32.8. The predicted molar refractivity (Wildman–Crippen MR) is 196 cm³/mol. The van der Waals surface area contributed by atoms with E-state index in [0.717, 1.165) is 29.0 Å². The average molecular weight is 936 g/mol. The average Bonchev–Trinajstić information content (AvgIpc) is 3.63. The molecule has 0 aliphatic carbocycles. The first-order valence-electron chi connectivity index (χ1n) is 16.6. The number of aliphatic carboxylic acids is 1. The molecule has 12 N–H and O–H groups in total. The summed E-state index contributed by atoms with van der Waals surface area (Å²) in [6.07, 6.45) is -8.22. The van der Waals surface area contributed by atoms with Gasteiger partial charge in [-0.25, -0.2) is 28.6 Å². The molecule has 1 aliphatic heterocycles. The number of ether oxygens (including phenoxy) is 1. The molecule has 0 radical (unpaired) electrons. The number of anilines is 1. The maximum atomic E-state index is 12.7. The third-order valence-corrected chi connectivity index (χ3v) is 11.8. The SMILES string of the molecule is CC(O)(CC(=O)O)CC(=O)SCCNC(=O)CCNC(=O)[C@H](O)C(C)(C)COP(=O)(O)OP(=O)(O)OC[C@H]1O[C@@H](n2cnc3c(N)ncnc32)[C@H](O)[C@@H]1OP(=O)(O)O.[H-].[Na+]. The van der Waals surface area contributed by atoms with Crippen LogP contribution in [0.4, 0.5) is 5.82 Å². The number of carbonyl (C=O) groups is 4. The van der Waals surface area contributed by atoms with E-state index >= 15 is 0 Å². The van der Waals surface area contributed by atoms with Crippen molar-refractivity contribution in [2.45, 2.75) is 76.3 Å². The van der Waals surface area contributed by atoms with Crippen molar-refractivity contribution in [2.75, 3.05) is 37.8 Å². The summed E-state index contributed by atoms with van der Waals surface area (Å²) in [5.41, 5.74) is 2.44. The number of rotatable bonds is 23. The van der Waals surface area contributed by atoms with Crippen molar-refractivity contribution in [1.29, 1.82) is 0 Å². The Labute approximate surface area is 362 Å². The van der Waals surface area contributed by atoms with Crippen LogP contribution in [0, 0.1) is 5.41 Å². The molecular formula is C27H45N7NaO20P3S. The van der Waals surface area contributed by atoms with Gasteiger partial charge >= 0.3 is 59.0 Å². The molecule has 2 aromatic rings. The van der Waals surface area contributed by atoms with Crippen molar-refractivity contribution >= 4 is 75.1 Å². The van der Waals surface area contributed by atoms with Gasteiger partial charge in [0, 0.05) is 37.1 Å².